The van der Waals surface area contributed by atoms with E-state index < -0.39 is 41.3 Å². The van der Waals surface area contributed by atoms with Gasteiger partial charge in [0.2, 0.25) is 17.7 Å². The van der Waals surface area contributed by atoms with E-state index >= 15 is 0 Å². The van der Waals surface area contributed by atoms with E-state index in [1.807, 2.05) is 45.0 Å². The first kappa shape index (κ1) is 49.3. The van der Waals surface area contributed by atoms with Gasteiger partial charge in [0.15, 0.2) is 6.33 Å². The third kappa shape index (κ3) is 11.8. The van der Waals surface area contributed by atoms with E-state index in [-0.39, 0.29) is 55.0 Å². The van der Waals surface area contributed by atoms with Gasteiger partial charge < -0.3 is 40.7 Å². The van der Waals surface area contributed by atoms with Crippen molar-refractivity contribution in [3.05, 3.63) is 94.8 Å². The number of nitrogens with one attached hydrogen (secondary N) is 4. The Labute approximate surface area is 390 Å². The summed E-state index contributed by atoms with van der Waals surface area (Å²) < 4.78 is 12.0. The highest BCUT2D eigenvalue weighted by molar-refractivity contribution is 6.31. The number of aliphatic hydroxyl groups is 1. The molecule has 3 atom stereocenters. The van der Waals surface area contributed by atoms with Crippen molar-refractivity contribution in [3.63, 3.8) is 0 Å². The second-order valence-electron chi connectivity index (χ2n) is 19.3. The highest BCUT2D eigenvalue weighted by Crippen LogP contribution is 2.55. The van der Waals surface area contributed by atoms with Gasteiger partial charge in [0.25, 0.3) is 5.91 Å². The number of hydrogen-bond acceptors (Lipinski definition) is 12. The summed E-state index contributed by atoms with van der Waals surface area (Å²) in [5, 5.41) is 43.9. The number of aliphatic hydroxyl groups excluding tert-OH is 1. The zero-order valence-corrected chi connectivity index (χ0v) is 39.4. The maximum Gasteiger partial charge on any atom is 0.251 e. The number of unbranched alkanes of at least 4 members (excludes halogenated alkanes) is 2. The van der Waals surface area contributed by atoms with Crippen LogP contribution in [-0.2, 0) is 25.7 Å². The number of tetrazole rings is 1. The minimum absolute atomic E-state index is 0.0251. The standard InChI is InChI=1S/C48H61ClN10O7/c1-46(2,3)40(43(64)58-27-35(60)23-38(58)42(63)52-26-30-11-18-34(19-12-30)59-54-29-53-57-59)55-39(61)28-65-22-10-8-9-21-51-33-16-13-31(14-17-33)41(62)56-44-47(4,5)45(48(44,6)7)66-36-20-15-32(25-50)37(49)24-36/h11-20,24,29,35,38,40,44-45,51,60H,8-10,21-23,26-28H2,1-7H3,(H,52,63)(H,55,61)(H,56,62)/t35-,38+,40-,44?,45?/m1/s1. The van der Waals surface area contributed by atoms with Crippen LogP contribution < -0.4 is 26.0 Å². The van der Waals surface area contributed by atoms with Crippen molar-refractivity contribution >= 4 is 40.9 Å². The Hall–Kier alpha value is -6.09. The first-order chi connectivity index (χ1) is 31.3. The van der Waals surface area contributed by atoms with Gasteiger partial charge >= 0.3 is 0 Å². The maximum absolute atomic E-state index is 13.9. The molecule has 0 unspecified atom stereocenters. The number of hydrogen-bond donors (Lipinski definition) is 5. The number of anilines is 1. The van der Waals surface area contributed by atoms with E-state index in [1.165, 1.54) is 16.0 Å². The fourth-order valence-corrected chi connectivity index (χ4v) is 9.33. The molecule has 1 saturated heterocycles. The molecular formula is C48H61ClN10O7. The van der Waals surface area contributed by atoms with E-state index in [1.54, 1.807) is 42.5 Å². The van der Waals surface area contributed by atoms with Crippen molar-refractivity contribution in [1.82, 2.24) is 41.1 Å². The highest BCUT2D eigenvalue weighted by Gasteiger charge is 2.64. The summed E-state index contributed by atoms with van der Waals surface area (Å²) >= 11 is 6.23. The average molecular weight is 926 g/mol. The molecule has 2 heterocycles. The smallest absolute Gasteiger partial charge is 0.251 e. The van der Waals surface area contributed by atoms with Gasteiger partial charge in [-0.15, -0.1) is 15.0 Å². The maximum atomic E-state index is 13.9. The molecule has 0 radical (unpaired) electrons. The first-order valence-corrected chi connectivity index (χ1v) is 22.6. The highest BCUT2D eigenvalue weighted by atomic mass is 35.5. The fraction of sp³-hybridized carbons (Fsp3) is 0.500. The van der Waals surface area contributed by atoms with E-state index in [2.05, 4.69) is 70.4 Å². The normalized spacial score (nSPS) is 20.0. The lowest BCUT2D eigenvalue weighted by Gasteiger charge is -2.63. The summed E-state index contributed by atoms with van der Waals surface area (Å²) in [6, 6.07) is 19.7. The van der Waals surface area contributed by atoms with Crippen LogP contribution in [0.3, 0.4) is 0 Å². The summed E-state index contributed by atoms with van der Waals surface area (Å²) in [6.07, 6.45) is 2.76. The summed E-state index contributed by atoms with van der Waals surface area (Å²) in [5.41, 5.74) is 1.90. The molecule has 1 aliphatic carbocycles. The lowest BCUT2D eigenvalue weighted by atomic mass is 9.49. The third-order valence-electron chi connectivity index (χ3n) is 12.4. The van der Waals surface area contributed by atoms with Gasteiger partial charge in [-0.2, -0.15) is 5.26 Å². The molecule has 4 aromatic rings. The van der Waals surface area contributed by atoms with Gasteiger partial charge in [-0.3, -0.25) is 19.2 Å². The fourth-order valence-electron chi connectivity index (χ4n) is 9.12. The summed E-state index contributed by atoms with van der Waals surface area (Å²) in [4.78, 5) is 56.4. The van der Waals surface area contributed by atoms with Crippen LogP contribution >= 0.6 is 11.6 Å². The number of aromatic nitrogens is 4. The lowest BCUT2D eigenvalue weighted by molar-refractivity contribution is -0.164. The van der Waals surface area contributed by atoms with Crippen LogP contribution in [0.15, 0.2) is 73.1 Å². The van der Waals surface area contributed by atoms with Gasteiger partial charge in [-0.25, -0.2) is 0 Å². The number of carbonyl (C=O) groups is 4. The van der Waals surface area contributed by atoms with E-state index in [0.29, 0.717) is 40.7 Å². The molecule has 6 rings (SSSR count). The van der Waals surface area contributed by atoms with Gasteiger partial charge in [-0.05, 0) is 84.0 Å². The Bertz CT molecular complexity index is 2350. The molecule has 3 aromatic carbocycles. The van der Waals surface area contributed by atoms with Gasteiger partial charge in [-0.1, -0.05) is 72.2 Å². The van der Waals surface area contributed by atoms with E-state index in [4.69, 9.17) is 21.1 Å². The average Bonchev–Trinajstić information content (AvgIpc) is 3.97. The molecule has 1 aromatic heterocycles. The minimum atomic E-state index is -0.959. The lowest BCUT2D eigenvalue weighted by Crippen LogP contribution is -2.74. The molecule has 0 spiro atoms. The van der Waals surface area contributed by atoms with Crippen LogP contribution in [0.2, 0.25) is 5.02 Å². The Morgan fingerprint density at radius 1 is 0.985 bits per heavy atom. The third-order valence-corrected chi connectivity index (χ3v) is 12.7. The predicted molar refractivity (Wildman–Crippen MR) is 248 cm³/mol. The summed E-state index contributed by atoms with van der Waals surface area (Å²) in [7, 11) is 0. The van der Waals surface area contributed by atoms with Crippen molar-refractivity contribution < 1.29 is 33.8 Å². The minimum Gasteiger partial charge on any atom is -0.489 e. The zero-order chi connectivity index (χ0) is 47.8. The number of ether oxygens (including phenoxy) is 2. The van der Waals surface area contributed by atoms with Crippen LogP contribution in [0.1, 0.15) is 95.6 Å². The van der Waals surface area contributed by atoms with Crippen molar-refractivity contribution in [2.75, 3.05) is 31.6 Å². The van der Waals surface area contributed by atoms with Crippen LogP contribution in [0.25, 0.3) is 5.69 Å². The molecule has 5 N–H and O–H groups in total. The molecule has 2 aliphatic rings. The van der Waals surface area contributed by atoms with Crippen molar-refractivity contribution in [2.24, 2.45) is 16.2 Å². The largest absolute Gasteiger partial charge is 0.489 e. The molecule has 66 heavy (non-hydrogen) atoms. The Balaban J connectivity index is 0.875. The molecule has 0 bridgehead atoms. The monoisotopic (exact) mass is 924 g/mol. The van der Waals surface area contributed by atoms with E-state index in [9.17, 15) is 29.5 Å². The quantitative estimate of drug-likeness (QED) is 0.0765. The zero-order valence-electron chi connectivity index (χ0n) is 38.6. The Kier molecular flexibility index (Phi) is 15.7. The predicted octanol–water partition coefficient (Wildman–Crippen LogP) is 5.21. The number of carbonyl (C=O) groups excluding carboxylic acids is 4. The van der Waals surface area contributed by atoms with Crippen molar-refractivity contribution in [3.8, 4) is 17.5 Å². The number of nitrogens with zero attached hydrogens (tertiary/aromatic N) is 6. The van der Waals surface area contributed by atoms with Crippen molar-refractivity contribution in [1.29, 1.82) is 5.26 Å². The Morgan fingerprint density at radius 3 is 2.33 bits per heavy atom. The number of β-amino-alcohol motifs (C(OH)–C–C–N with tert-alkyl or cyclic N) is 1. The van der Waals surface area contributed by atoms with Gasteiger partial charge in [0.05, 0.1) is 22.4 Å². The number of halogens is 1. The molecule has 18 heteroatoms. The van der Waals surface area contributed by atoms with Gasteiger partial charge in [0, 0.05) is 66.9 Å². The molecule has 17 nitrogen and oxygen atoms in total. The van der Waals surface area contributed by atoms with Crippen LogP contribution in [0, 0.1) is 27.6 Å². The molecule has 2 fully saturated rings. The van der Waals surface area contributed by atoms with Crippen molar-refractivity contribution in [2.45, 2.75) is 111 Å². The molecule has 352 valence electrons. The second kappa shape index (κ2) is 21.0. The Morgan fingerprint density at radius 2 is 1.70 bits per heavy atom. The van der Waals surface area contributed by atoms with E-state index in [0.717, 1.165) is 30.5 Å². The SMILES string of the molecule is CC1(C)C(NC(=O)c2ccc(NCCCCCOCC(=O)N[C@H](C(=O)N3C[C@H](O)C[C@H]3C(=O)NCc3ccc(-n4ncnn4)cc3)C(C)(C)C)cc2)C(C)(C)C1Oc1ccc(C#N)c(Cl)c1. The van der Waals surface area contributed by atoms with Crippen LogP contribution in [0.4, 0.5) is 5.69 Å². The first-order valence-electron chi connectivity index (χ1n) is 22.3. The topological polar surface area (TPSA) is 226 Å². The number of rotatable bonds is 19. The van der Waals surface area contributed by atoms with Crippen LogP contribution in [0.5, 0.6) is 5.75 Å². The molecule has 1 saturated carbocycles. The second-order valence-corrected chi connectivity index (χ2v) is 19.7. The van der Waals surface area contributed by atoms with Crippen LogP contribution in [-0.4, -0.2) is 110 Å². The number of nitriles is 1. The summed E-state index contributed by atoms with van der Waals surface area (Å²) in [5.74, 6) is -0.882. The van der Waals surface area contributed by atoms with Gasteiger partial charge in [0.1, 0.15) is 36.6 Å². The summed E-state index contributed by atoms with van der Waals surface area (Å²) in [6.45, 7) is 14.8. The molecule has 4 amide bonds. The number of amides is 4. The molecular weight excluding hydrogens is 864 g/mol. The number of likely N-dealkylation sites (tertiary alicyclic amines) is 1. The number of benzene rings is 3. The molecule has 1 aliphatic heterocycles.